The number of aliphatic hydroxyl groups is 1. The van der Waals surface area contributed by atoms with Gasteiger partial charge in [0.05, 0.1) is 33.0 Å². The number of aliphatic hydroxyl groups excluding tert-OH is 1. The molecule has 1 N–H and O–H groups in total. The minimum absolute atomic E-state index is 0.0483. The zero-order chi connectivity index (χ0) is 13.8. The third-order valence-electron chi connectivity index (χ3n) is 3.73. The fourth-order valence-corrected chi connectivity index (χ4v) is 2.82. The van der Waals surface area contributed by atoms with E-state index in [0.717, 1.165) is 48.7 Å². The Balaban J connectivity index is 2.27. The Morgan fingerprint density at radius 1 is 1.26 bits per heavy atom. The van der Waals surface area contributed by atoms with Crippen LogP contribution in [0.3, 0.4) is 0 Å². The standard InChI is InChI=1S/C15H23NO3/c1-11-8-13(9-12(2)15(11)18-3)14(10-17)16-4-6-19-7-5-16/h8-9,14,17H,4-7,10H2,1-3H3. The number of hydrogen-bond donors (Lipinski definition) is 1. The molecule has 1 saturated heterocycles. The smallest absolute Gasteiger partial charge is 0.124 e. The second kappa shape index (κ2) is 6.37. The molecule has 4 heteroatoms. The van der Waals surface area contributed by atoms with Gasteiger partial charge >= 0.3 is 0 Å². The van der Waals surface area contributed by atoms with Gasteiger partial charge in [0.1, 0.15) is 5.75 Å². The number of benzene rings is 1. The van der Waals surface area contributed by atoms with Crippen molar-refractivity contribution in [2.24, 2.45) is 0 Å². The maximum atomic E-state index is 9.73. The molecule has 4 nitrogen and oxygen atoms in total. The summed E-state index contributed by atoms with van der Waals surface area (Å²) in [5.74, 6) is 0.933. The number of morpholine rings is 1. The molecule has 2 rings (SSSR count). The van der Waals surface area contributed by atoms with Crippen molar-refractivity contribution in [2.45, 2.75) is 19.9 Å². The maximum absolute atomic E-state index is 9.73. The number of aryl methyl sites for hydroxylation is 2. The molecule has 106 valence electrons. The molecular formula is C15H23NO3. The highest BCUT2D eigenvalue weighted by molar-refractivity contribution is 5.44. The summed E-state index contributed by atoms with van der Waals surface area (Å²) in [5.41, 5.74) is 3.38. The number of hydrogen-bond acceptors (Lipinski definition) is 4. The lowest BCUT2D eigenvalue weighted by Crippen LogP contribution is -2.40. The average Bonchev–Trinajstić information content (AvgIpc) is 2.40. The van der Waals surface area contributed by atoms with Crippen molar-refractivity contribution in [1.29, 1.82) is 0 Å². The van der Waals surface area contributed by atoms with Gasteiger partial charge < -0.3 is 14.6 Å². The Hall–Kier alpha value is -1.10. The van der Waals surface area contributed by atoms with Crippen LogP contribution in [-0.4, -0.2) is 50.0 Å². The van der Waals surface area contributed by atoms with Crippen molar-refractivity contribution >= 4 is 0 Å². The summed E-state index contributed by atoms with van der Waals surface area (Å²) in [7, 11) is 1.69. The van der Waals surface area contributed by atoms with Gasteiger partial charge in [0.15, 0.2) is 0 Å². The van der Waals surface area contributed by atoms with E-state index in [1.54, 1.807) is 7.11 Å². The maximum Gasteiger partial charge on any atom is 0.124 e. The minimum atomic E-state index is 0.0483. The Bertz CT molecular complexity index is 404. The summed E-state index contributed by atoms with van der Waals surface area (Å²) in [4.78, 5) is 2.28. The molecular weight excluding hydrogens is 242 g/mol. The highest BCUT2D eigenvalue weighted by Crippen LogP contribution is 2.29. The molecule has 1 aliphatic heterocycles. The first kappa shape index (κ1) is 14.3. The summed E-state index contributed by atoms with van der Waals surface area (Å²) in [6.45, 7) is 7.44. The second-order valence-electron chi connectivity index (χ2n) is 5.03. The van der Waals surface area contributed by atoms with E-state index < -0.39 is 0 Å². The zero-order valence-electron chi connectivity index (χ0n) is 12.0. The second-order valence-corrected chi connectivity index (χ2v) is 5.03. The normalized spacial score (nSPS) is 18.3. The van der Waals surface area contributed by atoms with Gasteiger partial charge in [0, 0.05) is 13.1 Å². The Morgan fingerprint density at radius 2 is 1.84 bits per heavy atom. The molecule has 1 heterocycles. The van der Waals surface area contributed by atoms with Gasteiger partial charge in [-0.1, -0.05) is 12.1 Å². The van der Waals surface area contributed by atoms with Crippen LogP contribution in [-0.2, 0) is 4.74 Å². The van der Waals surface area contributed by atoms with Crippen molar-refractivity contribution in [3.8, 4) is 5.75 Å². The minimum Gasteiger partial charge on any atom is -0.496 e. The molecule has 0 radical (unpaired) electrons. The van der Waals surface area contributed by atoms with Gasteiger partial charge in [-0.3, -0.25) is 4.90 Å². The van der Waals surface area contributed by atoms with Crippen LogP contribution in [0.5, 0.6) is 5.75 Å². The number of rotatable bonds is 4. The molecule has 19 heavy (non-hydrogen) atoms. The van der Waals surface area contributed by atoms with Gasteiger partial charge in [-0.25, -0.2) is 0 Å². The van der Waals surface area contributed by atoms with Crippen LogP contribution in [0.4, 0.5) is 0 Å². The first-order chi connectivity index (χ1) is 9.17. The van der Waals surface area contributed by atoms with E-state index in [2.05, 4.69) is 17.0 Å². The molecule has 0 aliphatic carbocycles. The summed E-state index contributed by atoms with van der Waals surface area (Å²) in [6, 6.07) is 4.27. The van der Waals surface area contributed by atoms with Crippen molar-refractivity contribution in [3.63, 3.8) is 0 Å². The van der Waals surface area contributed by atoms with Crippen molar-refractivity contribution in [3.05, 3.63) is 28.8 Å². The predicted molar refractivity (Wildman–Crippen MR) is 74.7 cm³/mol. The zero-order valence-corrected chi connectivity index (χ0v) is 12.0. The van der Waals surface area contributed by atoms with Crippen LogP contribution < -0.4 is 4.74 Å². The van der Waals surface area contributed by atoms with Gasteiger partial charge in [-0.05, 0) is 30.5 Å². The summed E-state index contributed by atoms with van der Waals surface area (Å²) >= 11 is 0. The lowest BCUT2D eigenvalue weighted by molar-refractivity contribution is 0.00256. The number of nitrogens with zero attached hydrogens (tertiary/aromatic N) is 1. The van der Waals surface area contributed by atoms with E-state index in [-0.39, 0.29) is 12.6 Å². The molecule has 0 amide bonds. The van der Waals surface area contributed by atoms with Crippen molar-refractivity contribution < 1.29 is 14.6 Å². The van der Waals surface area contributed by atoms with Crippen molar-refractivity contribution in [1.82, 2.24) is 4.90 Å². The lowest BCUT2D eigenvalue weighted by Gasteiger charge is -2.34. The van der Waals surface area contributed by atoms with Gasteiger partial charge in [0.2, 0.25) is 0 Å². The molecule has 1 aromatic carbocycles. The molecule has 1 atom stereocenters. The largest absolute Gasteiger partial charge is 0.496 e. The molecule has 0 saturated carbocycles. The Morgan fingerprint density at radius 3 is 2.32 bits per heavy atom. The molecule has 1 unspecified atom stereocenters. The van der Waals surface area contributed by atoms with Crippen LogP contribution in [0.25, 0.3) is 0 Å². The van der Waals surface area contributed by atoms with Gasteiger partial charge in [0.25, 0.3) is 0 Å². The first-order valence-corrected chi connectivity index (χ1v) is 6.75. The summed E-state index contributed by atoms with van der Waals surface area (Å²) < 4.78 is 10.8. The first-order valence-electron chi connectivity index (χ1n) is 6.75. The topological polar surface area (TPSA) is 41.9 Å². The van der Waals surface area contributed by atoms with Crippen LogP contribution in [0.15, 0.2) is 12.1 Å². The van der Waals surface area contributed by atoms with Crippen molar-refractivity contribution in [2.75, 3.05) is 40.0 Å². The predicted octanol–water partition coefficient (Wildman–Crippen LogP) is 1.68. The molecule has 0 bridgehead atoms. The third-order valence-corrected chi connectivity index (χ3v) is 3.73. The lowest BCUT2D eigenvalue weighted by atomic mass is 9.99. The third kappa shape index (κ3) is 3.08. The number of methoxy groups -OCH3 is 1. The molecule has 0 aromatic heterocycles. The van der Waals surface area contributed by atoms with E-state index >= 15 is 0 Å². The van der Waals surface area contributed by atoms with Crippen LogP contribution in [0, 0.1) is 13.8 Å². The summed E-state index contributed by atoms with van der Waals surface area (Å²) in [5, 5.41) is 9.73. The summed E-state index contributed by atoms with van der Waals surface area (Å²) in [6.07, 6.45) is 0. The monoisotopic (exact) mass is 265 g/mol. The fraction of sp³-hybridized carbons (Fsp3) is 0.600. The van der Waals surface area contributed by atoms with E-state index in [1.165, 1.54) is 0 Å². The van der Waals surface area contributed by atoms with Crippen LogP contribution in [0.2, 0.25) is 0 Å². The number of ether oxygens (including phenoxy) is 2. The molecule has 1 fully saturated rings. The Kier molecular flexibility index (Phi) is 4.80. The van der Waals surface area contributed by atoms with E-state index in [0.29, 0.717) is 0 Å². The van der Waals surface area contributed by atoms with E-state index in [9.17, 15) is 5.11 Å². The highest BCUT2D eigenvalue weighted by Gasteiger charge is 2.23. The molecule has 0 spiro atoms. The van der Waals surface area contributed by atoms with Crippen LogP contribution in [0.1, 0.15) is 22.7 Å². The van der Waals surface area contributed by atoms with Gasteiger partial charge in [-0.2, -0.15) is 0 Å². The SMILES string of the molecule is COc1c(C)cc(C(CO)N2CCOCC2)cc1C. The molecule has 1 aliphatic rings. The fourth-order valence-electron chi connectivity index (χ4n) is 2.82. The highest BCUT2D eigenvalue weighted by atomic mass is 16.5. The average molecular weight is 265 g/mol. The quantitative estimate of drug-likeness (QED) is 0.899. The molecule has 1 aromatic rings. The van der Waals surface area contributed by atoms with E-state index in [4.69, 9.17) is 9.47 Å². The van der Waals surface area contributed by atoms with Gasteiger partial charge in [-0.15, -0.1) is 0 Å². The Labute approximate surface area is 114 Å². The van der Waals surface area contributed by atoms with E-state index in [1.807, 2.05) is 13.8 Å². The van der Waals surface area contributed by atoms with Crippen LogP contribution >= 0.6 is 0 Å².